The molecule has 0 amide bonds. The Morgan fingerprint density at radius 2 is 1.35 bits per heavy atom. The van der Waals surface area contributed by atoms with Crippen LogP contribution in [0.3, 0.4) is 0 Å². The van der Waals surface area contributed by atoms with Crippen molar-refractivity contribution in [2.24, 2.45) is 0 Å². The fraction of sp³-hybridized carbons (Fsp3) is 0.520. The van der Waals surface area contributed by atoms with Crippen molar-refractivity contribution in [1.82, 2.24) is 0 Å². The van der Waals surface area contributed by atoms with Crippen molar-refractivity contribution in [2.45, 2.75) is 83.0 Å². The molecule has 1 atom stereocenters. The fourth-order valence-corrected chi connectivity index (χ4v) is 6.66. The molecule has 0 aromatic heterocycles. The monoisotopic (exact) mass is 364 g/mol. The minimum absolute atomic E-state index is 0.807. The van der Waals surface area contributed by atoms with Crippen molar-refractivity contribution < 1.29 is 0 Å². The van der Waals surface area contributed by atoms with E-state index in [4.69, 9.17) is 0 Å². The first-order valence-corrected chi connectivity index (χ1v) is 11.8. The molecule has 4 rings (SSSR count). The van der Waals surface area contributed by atoms with Gasteiger partial charge in [0, 0.05) is 0 Å². The summed E-state index contributed by atoms with van der Waals surface area (Å²) in [5.41, 5.74) is 5.00. The van der Waals surface area contributed by atoms with Crippen molar-refractivity contribution in [3.05, 3.63) is 59.2 Å². The maximum absolute atomic E-state index is 2.57. The highest BCUT2D eigenvalue weighted by Gasteiger charge is 2.26. The maximum Gasteiger partial charge on any atom is -0.0153 e. The second-order valence-electron chi connectivity index (χ2n) is 8.48. The first-order valence-electron chi connectivity index (χ1n) is 10.8. The van der Waals surface area contributed by atoms with Gasteiger partial charge in [-0.05, 0) is 66.2 Å². The molecule has 0 radical (unpaired) electrons. The zero-order valence-electron chi connectivity index (χ0n) is 16.3. The summed E-state index contributed by atoms with van der Waals surface area (Å²) in [6, 6.07) is 16.2. The normalized spacial score (nSPS) is 20.0. The van der Waals surface area contributed by atoms with Gasteiger partial charge < -0.3 is 0 Å². The predicted octanol–water partition coefficient (Wildman–Crippen LogP) is 6.72. The van der Waals surface area contributed by atoms with Gasteiger partial charge in [0.25, 0.3) is 0 Å². The van der Waals surface area contributed by atoms with Crippen LogP contribution in [0.2, 0.25) is 0 Å². The van der Waals surface area contributed by atoms with Crippen LogP contribution in [-0.2, 0) is 0 Å². The molecule has 138 valence electrons. The third-order valence-corrected chi connectivity index (χ3v) is 7.77. The molecule has 0 nitrogen and oxygen atoms in total. The zero-order chi connectivity index (χ0) is 17.8. The van der Waals surface area contributed by atoms with Crippen LogP contribution in [0.25, 0.3) is 0 Å². The quantitative estimate of drug-likeness (QED) is 0.528. The number of aryl methyl sites for hydroxylation is 1. The number of benzene rings is 2. The van der Waals surface area contributed by atoms with Gasteiger partial charge in [0.15, 0.2) is 0 Å². The first kappa shape index (κ1) is 18.2. The summed E-state index contributed by atoms with van der Waals surface area (Å²) in [6.45, 7) is 2.32. The lowest BCUT2D eigenvalue weighted by Crippen LogP contribution is -2.21. The van der Waals surface area contributed by atoms with Gasteiger partial charge in [0.1, 0.15) is 0 Å². The van der Waals surface area contributed by atoms with Gasteiger partial charge in [0.2, 0.25) is 0 Å². The Balaban J connectivity index is 1.76. The van der Waals surface area contributed by atoms with E-state index in [1.54, 1.807) is 16.4 Å². The van der Waals surface area contributed by atoms with E-state index in [1.807, 2.05) is 0 Å². The highest BCUT2D eigenvalue weighted by molar-refractivity contribution is 7.55. The lowest BCUT2D eigenvalue weighted by atomic mass is 9.75. The maximum atomic E-state index is 2.57. The molecule has 2 saturated carbocycles. The molecule has 0 spiro atoms. The lowest BCUT2D eigenvalue weighted by Gasteiger charge is -2.32. The van der Waals surface area contributed by atoms with Crippen LogP contribution in [0.4, 0.5) is 0 Å². The van der Waals surface area contributed by atoms with Gasteiger partial charge in [-0.1, -0.05) is 95.1 Å². The average Bonchev–Trinajstić information content (AvgIpc) is 2.70. The smallest absolute Gasteiger partial charge is 0.0153 e. The molecule has 2 aliphatic carbocycles. The van der Waals surface area contributed by atoms with Crippen LogP contribution in [0.5, 0.6) is 0 Å². The SMILES string of the molecule is Cc1cc(Pc2ccccc2)c(C2CCCCC2)c(C2CCCCC2)c1. The standard InChI is InChI=1S/C25H33P/c1-19-17-23(20-11-5-2-6-12-20)25(21-13-7-3-8-14-21)24(18-19)26-22-15-9-4-10-16-22/h4,9-10,15-18,20-21,26H,2-3,5-8,11-14H2,1H3. The minimum atomic E-state index is 0.807. The van der Waals surface area contributed by atoms with E-state index < -0.39 is 0 Å². The molecule has 2 aromatic rings. The second kappa shape index (κ2) is 8.71. The van der Waals surface area contributed by atoms with Crippen LogP contribution in [0.1, 0.15) is 92.7 Å². The highest BCUT2D eigenvalue weighted by Crippen LogP contribution is 2.42. The largest absolute Gasteiger partial charge is 0.0622 e. The molecule has 2 aromatic carbocycles. The van der Waals surface area contributed by atoms with Crippen molar-refractivity contribution in [3.63, 3.8) is 0 Å². The van der Waals surface area contributed by atoms with Crippen LogP contribution in [0, 0.1) is 6.92 Å². The van der Waals surface area contributed by atoms with Gasteiger partial charge in [-0.15, -0.1) is 0 Å². The van der Waals surface area contributed by atoms with Crippen molar-refractivity contribution in [2.75, 3.05) is 0 Å². The van der Waals surface area contributed by atoms with Gasteiger partial charge >= 0.3 is 0 Å². The molecule has 2 fully saturated rings. The van der Waals surface area contributed by atoms with E-state index in [1.165, 1.54) is 75.1 Å². The summed E-state index contributed by atoms with van der Waals surface area (Å²) in [7, 11) is 0.807. The Hall–Kier alpha value is -1.13. The summed E-state index contributed by atoms with van der Waals surface area (Å²) in [5, 5.41) is 3.15. The molecule has 0 heterocycles. The third-order valence-electron chi connectivity index (χ3n) is 6.47. The first-order chi connectivity index (χ1) is 12.8. The van der Waals surface area contributed by atoms with E-state index in [-0.39, 0.29) is 0 Å². The minimum Gasteiger partial charge on any atom is -0.0622 e. The molecule has 0 N–H and O–H groups in total. The van der Waals surface area contributed by atoms with E-state index >= 15 is 0 Å². The van der Waals surface area contributed by atoms with Crippen molar-refractivity contribution in [1.29, 1.82) is 0 Å². The Morgan fingerprint density at radius 3 is 2.00 bits per heavy atom. The summed E-state index contributed by atoms with van der Waals surface area (Å²) >= 11 is 0. The summed E-state index contributed by atoms with van der Waals surface area (Å²) in [6.07, 6.45) is 14.3. The number of rotatable bonds is 4. The number of hydrogen-bond acceptors (Lipinski definition) is 0. The molecule has 0 aliphatic heterocycles. The molecule has 0 bridgehead atoms. The molecule has 1 heteroatoms. The summed E-state index contributed by atoms with van der Waals surface area (Å²) < 4.78 is 0. The third kappa shape index (κ3) is 4.23. The van der Waals surface area contributed by atoms with E-state index in [9.17, 15) is 0 Å². The molecule has 1 unspecified atom stereocenters. The van der Waals surface area contributed by atoms with Crippen LogP contribution in [-0.4, -0.2) is 0 Å². The Labute approximate surface area is 161 Å². The topological polar surface area (TPSA) is 0 Å². The van der Waals surface area contributed by atoms with E-state index in [0.717, 1.165) is 20.4 Å². The molecular weight excluding hydrogens is 331 g/mol. The average molecular weight is 365 g/mol. The predicted molar refractivity (Wildman–Crippen MR) is 117 cm³/mol. The molecular formula is C25H33P. The van der Waals surface area contributed by atoms with Crippen molar-refractivity contribution in [3.8, 4) is 0 Å². The van der Waals surface area contributed by atoms with Gasteiger partial charge in [-0.3, -0.25) is 0 Å². The van der Waals surface area contributed by atoms with E-state index in [0.29, 0.717) is 0 Å². The van der Waals surface area contributed by atoms with Crippen LogP contribution >= 0.6 is 8.58 Å². The Bertz CT molecular complexity index is 706. The van der Waals surface area contributed by atoms with Gasteiger partial charge in [0.05, 0.1) is 0 Å². The molecule has 0 saturated heterocycles. The molecule has 26 heavy (non-hydrogen) atoms. The van der Waals surface area contributed by atoms with E-state index in [2.05, 4.69) is 49.4 Å². The fourth-order valence-electron chi connectivity index (χ4n) is 5.20. The Kier molecular flexibility index (Phi) is 6.11. The lowest BCUT2D eigenvalue weighted by molar-refractivity contribution is 0.420. The highest BCUT2D eigenvalue weighted by atomic mass is 31.1. The summed E-state index contributed by atoms with van der Waals surface area (Å²) in [4.78, 5) is 0. The second-order valence-corrected chi connectivity index (χ2v) is 9.84. The Morgan fingerprint density at radius 1 is 0.731 bits per heavy atom. The summed E-state index contributed by atoms with van der Waals surface area (Å²) in [5.74, 6) is 1.63. The zero-order valence-corrected chi connectivity index (χ0v) is 17.3. The molecule has 2 aliphatic rings. The number of hydrogen-bond donors (Lipinski definition) is 0. The van der Waals surface area contributed by atoms with Crippen LogP contribution in [0.15, 0.2) is 42.5 Å². The van der Waals surface area contributed by atoms with Crippen LogP contribution < -0.4 is 10.6 Å². The van der Waals surface area contributed by atoms with Gasteiger partial charge in [-0.2, -0.15) is 0 Å². The van der Waals surface area contributed by atoms with Crippen molar-refractivity contribution >= 4 is 19.2 Å². The van der Waals surface area contributed by atoms with Gasteiger partial charge in [-0.25, -0.2) is 0 Å².